The zero-order chi connectivity index (χ0) is 18.8. The van der Waals surface area contributed by atoms with Gasteiger partial charge in [-0.15, -0.1) is 0 Å². The summed E-state index contributed by atoms with van der Waals surface area (Å²) in [4.78, 5) is 0. The first-order chi connectivity index (χ1) is 11.5. The van der Waals surface area contributed by atoms with Crippen LogP contribution in [0.2, 0.25) is 0 Å². The Hall–Kier alpha value is -0.460. The second-order valence-corrected chi connectivity index (χ2v) is 9.44. The summed E-state index contributed by atoms with van der Waals surface area (Å²) in [6, 6.07) is 0. The number of ether oxygens (including phenoxy) is 1. The van der Waals surface area contributed by atoms with E-state index in [1.54, 1.807) is 7.11 Å². The molecule has 0 aliphatic heterocycles. The number of hydrogen-bond donors (Lipinski definition) is 4. The van der Waals surface area contributed by atoms with Crippen molar-refractivity contribution in [3.05, 3.63) is 11.1 Å². The third-order valence-electron chi connectivity index (χ3n) is 7.90. The molecule has 0 saturated heterocycles. The average molecular weight is 354 g/mol. The van der Waals surface area contributed by atoms with Crippen LogP contribution in [0.25, 0.3) is 0 Å². The largest absolute Gasteiger partial charge is 0.392 e. The second-order valence-electron chi connectivity index (χ2n) is 9.44. The van der Waals surface area contributed by atoms with E-state index in [9.17, 15) is 20.4 Å². The third-order valence-corrected chi connectivity index (χ3v) is 7.90. The van der Waals surface area contributed by atoms with E-state index in [2.05, 4.69) is 0 Å². The summed E-state index contributed by atoms with van der Waals surface area (Å²) in [7, 11) is 1.66. The molecule has 3 aliphatic carbocycles. The molecule has 3 aliphatic rings. The summed E-state index contributed by atoms with van der Waals surface area (Å²) in [5.74, 6) is 0.0206. The average Bonchev–Trinajstić information content (AvgIpc) is 2.49. The van der Waals surface area contributed by atoms with E-state index in [-0.39, 0.29) is 18.4 Å². The summed E-state index contributed by atoms with van der Waals surface area (Å²) in [6.45, 7) is 7.82. The minimum absolute atomic E-state index is 0.0206. The fourth-order valence-electron chi connectivity index (χ4n) is 5.88. The van der Waals surface area contributed by atoms with Gasteiger partial charge in [0, 0.05) is 25.4 Å². The SMILES string of the molecule is CO[C@H]1CC2C[C@]3(O)C[C@H](O)C(C)=C([C@@H](O)C[C@]2(C)[C@@H](O)C1)C3(C)C. The lowest BCUT2D eigenvalue weighted by Crippen LogP contribution is -2.61. The van der Waals surface area contributed by atoms with Crippen LogP contribution in [0.5, 0.6) is 0 Å². The molecule has 0 aromatic carbocycles. The Labute approximate surface area is 150 Å². The van der Waals surface area contributed by atoms with Crippen molar-refractivity contribution in [3.8, 4) is 0 Å². The molecule has 4 N–H and O–H groups in total. The standard InChI is InChI=1S/C20H34O5/c1-11-14(21)10-20(24)8-12-6-13(25-5)7-16(23)19(12,4)9-15(22)17(11)18(20,2)3/h12-16,21-24H,6-10H2,1-5H3/t12?,13-,14-,15-,16-,19-,20-/m0/s1. The summed E-state index contributed by atoms with van der Waals surface area (Å²) in [5.41, 5.74) is -0.711. The molecular formula is C20H34O5. The molecule has 7 atom stereocenters. The van der Waals surface area contributed by atoms with Crippen molar-refractivity contribution < 1.29 is 25.2 Å². The van der Waals surface area contributed by atoms with Crippen molar-refractivity contribution in [1.29, 1.82) is 0 Å². The van der Waals surface area contributed by atoms with Crippen molar-refractivity contribution in [2.75, 3.05) is 7.11 Å². The van der Waals surface area contributed by atoms with E-state index in [4.69, 9.17) is 4.74 Å². The predicted octanol–water partition coefficient (Wildman–Crippen LogP) is 1.77. The molecule has 1 unspecified atom stereocenters. The zero-order valence-electron chi connectivity index (χ0n) is 16.1. The molecule has 25 heavy (non-hydrogen) atoms. The lowest BCUT2D eigenvalue weighted by molar-refractivity contribution is -0.174. The van der Waals surface area contributed by atoms with Gasteiger partial charge in [0.1, 0.15) is 0 Å². The highest BCUT2D eigenvalue weighted by atomic mass is 16.5. The molecule has 5 heteroatoms. The van der Waals surface area contributed by atoms with E-state index in [1.165, 1.54) is 0 Å². The number of rotatable bonds is 1. The molecule has 0 amide bonds. The maximum absolute atomic E-state index is 11.6. The first-order valence-corrected chi connectivity index (χ1v) is 9.47. The van der Waals surface area contributed by atoms with E-state index >= 15 is 0 Å². The smallest absolute Gasteiger partial charge is 0.0778 e. The molecule has 0 heterocycles. The Morgan fingerprint density at radius 1 is 0.960 bits per heavy atom. The fourth-order valence-corrected chi connectivity index (χ4v) is 5.88. The van der Waals surface area contributed by atoms with Gasteiger partial charge in [-0.05, 0) is 48.7 Å². The fraction of sp³-hybridized carbons (Fsp3) is 0.900. The molecule has 0 aromatic heterocycles. The van der Waals surface area contributed by atoms with Crippen LogP contribution in [0, 0.1) is 16.7 Å². The Balaban J connectivity index is 2.11. The van der Waals surface area contributed by atoms with Crippen molar-refractivity contribution in [2.24, 2.45) is 16.7 Å². The zero-order valence-corrected chi connectivity index (χ0v) is 16.1. The van der Waals surface area contributed by atoms with Crippen molar-refractivity contribution >= 4 is 0 Å². The topological polar surface area (TPSA) is 90.2 Å². The summed E-state index contributed by atoms with van der Waals surface area (Å²) in [6.07, 6.45) is 0.368. The number of hydrogen-bond acceptors (Lipinski definition) is 5. The maximum Gasteiger partial charge on any atom is 0.0778 e. The molecule has 144 valence electrons. The first-order valence-electron chi connectivity index (χ1n) is 9.47. The lowest BCUT2D eigenvalue weighted by atomic mass is 9.50. The van der Waals surface area contributed by atoms with Gasteiger partial charge >= 0.3 is 0 Å². The molecule has 0 radical (unpaired) electrons. The van der Waals surface area contributed by atoms with Crippen LogP contribution in [0.3, 0.4) is 0 Å². The van der Waals surface area contributed by atoms with E-state index in [0.717, 1.165) is 17.6 Å². The van der Waals surface area contributed by atoms with E-state index < -0.39 is 34.7 Å². The van der Waals surface area contributed by atoms with Crippen LogP contribution in [0.15, 0.2) is 11.1 Å². The van der Waals surface area contributed by atoms with Gasteiger partial charge in [0.2, 0.25) is 0 Å². The van der Waals surface area contributed by atoms with Crippen LogP contribution >= 0.6 is 0 Å². The van der Waals surface area contributed by atoms with Gasteiger partial charge in [-0.25, -0.2) is 0 Å². The molecule has 2 saturated carbocycles. The monoisotopic (exact) mass is 354 g/mol. The number of aliphatic hydroxyl groups excluding tert-OH is 3. The van der Waals surface area contributed by atoms with Gasteiger partial charge in [-0.3, -0.25) is 0 Å². The second kappa shape index (κ2) is 6.03. The summed E-state index contributed by atoms with van der Waals surface area (Å²) >= 11 is 0. The summed E-state index contributed by atoms with van der Waals surface area (Å²) in [5, 5.41) is 44.1. The molecule has 2 fully saturated rings. The van der Waals surface area contributed by atoms with Gasteiger partial charge < -0.3 is 25.2 Å². The van der Waals surface area contributed by atoms with Gasteiger partial charge in [-0.1, -0.05) is 20.8 Å². The minimum Gasteiger partial charge on any atom is -0.392 e. The normalized spacial score (nSPS) is 50.0. The first kappa shape index (κ1) is 19.3. The van der Waals surface area contributed by atoms with Crippen LogP contribution in [0.1, 0.15) is 59.8 Å². The maximum atomic E-state index is 11.6. The van der Waals surface area contributed by atoms with E-state index in [0.29, 0.717) is 19.3 Å². The Morgan fingerprint density at radius 3 is 2.20 bits per heavy atom. The van der Waals surface area contributed by atoms with Gasteiger partial charge in [0.05, 0.1) is 30.0 Å². The highest BCUT2D eigenvalue weighted by Gasteiger charge is 2.59. The predicted molar refractivity (Wildman–Crippen MR) is 94.9 cm³/mol. The highest BCUT2D eigenvalue weighted by Crippen LogP contribution is 2.59. The molecule has 0 aromatic rings. The molecule has 5 nitrogen and oxygen atoms in total. The number of fused-ring (bicyclic) bond motifs is 3. The Kier molecular flexibility index (Phi) is 4.66. The van der Waals surface area contributed by atoms with Crippen LogP contribution in [-0.4, -0.2) is 57.6 Å². The Morgan fingerprint density at radius 2 is 1.60 bits per heavy atom. The van der Waals surface area contributed by atoms with Crippen LogP contribution in [-0.2, 0) is 4.74 Å². The summed E-state index contributed by atoms with van der Waals surface area (Å²) < 4.78 is 5.52. The molecule has 3 rings (SSSR count). The van der Waals surface area contributed by atoms with Crippen LogP contribution in [0.4, 0.5) is 0 Å². The third kappa shape index (κ3) is 2.71. The van der Waals surface area contributed by atoms with Crippen molar-refractivity contribution in [2.45, 2.75) is 89.8 Å². The minimum atomic E-state index is -1.12. The van der Waals surface area contributed by atoms with Gasteiger partial charge in [0.15, 0.2) is 0 Å². The number of aliphatic hydroxyl groups is 4. The van der Waals surface area contributed by atoms with Gasteiger partial charge in [0.25, 0.3) is 0 Å². The number of methoxy groups -OCH3 is 1. The van der Waals surface area contributed by atoms with Crippen LogP contribution < -0.4 is 0 Å². The molecule has 0 spiro atoms. The quantitative estimate of drug-likeness (QED) is 0.539. The lowest BCUT2D eigenvalue weighted by Gasteiger charge is -2.59. The van der Waals surface area contributed by atoms with Crippen molar-refractivity contribution in [1.82, 2.24) is 0 Å². The Bertz CT molecular complexity index is 570. The molecule has 2 bridgehead atoms. The molecular weight excluding hydrogens is 320 g/mol. The van der Waals surface area contributed by atoms with E-state index in [1.807, 2.05) is 27.7 Å². The van der Waals surface area contributed by atoms with Crippen molar-refractivity contribution in [3.63, 3.8) is 0 Å². The highest BCUT2D eigenvalue weighted by molar-refractivity contribution is 5.35. The van der Waals surface area contributed by atoms with Gasteiger partial charge in [-0.2, -0.15) is 0 Å².